The molecular weight excluding hydrogens is 408 g/mol. The van der Waals surface area contributed by atoms with Gasteiger partial charge in [0.25, 0.3) is 0 Å². The molecule has 1 aliphatic carbocycles. The molecule has 0 radical (unpaired) electrons. The number of aryl methyl sites for hydroxylation is 1. The Morgan fingerprint density at radius 2 is 1.88 bits per heavy atom. The number of anilines is 1. The Bertz CT molecular complexity index is 1160. The molecule has 0 amide bonds. The summed E-state index contributed by atoms with van der Waals surface area (Å²) in [7, 11) is 6.75. The van der Waals surface area contributed by atoms with E-state index in [9.17, 15) is 4.79 Å². The van der Waals surface area contributed by atoms with E-state index >= 15 is 0 Å². The first-order valence-corrected chi connectivity index (χ1v) is 10.5. The highest BCUT2D eigenvalue weighted by Crippen LogP contribution is 2.50. The van der Waals surface area contributed by atoms with Gasteiger partial charge in [-0.3, -0.25) is 4.79 Å². The SMILES string of the molecule is CN[C@@H]1CCc2cc(OC)c(OC)c(OC)c2-c2ccc(NCc3ccco3)c(=O)cc21. The van der Waals surface area contributed by atoms with Crippen LogP contribution < -0.4 is 30.3 Å². The predicted octanol–water partition coefficient (Wildman–Crippen LogP) is 4.15. The highest BCUT2D eigenvalue weighted by atomic mass is 16.5. The summed E-state index contributed by atoms with van der Waals surface area (Å²) < 4.78 is 22.4. The smallest absolute Gasteiger partial charge is 0.203 e. The standard InChI is InChI=1S/C25H28N2O5/c1-26-19-9-7-15-12-22(29-2)24(30-3)25(31-4)23(15)17-8-10-20(21(28)13-18(17)19)27-14-16-6-5-11-32-16/h5-6,8,10-13,19,26H,7,9,14H2,1-4H3,(H,27,28)/t19-/m1/s1. The summed E-state index contributed by atoms with van der Waals surface area (Å²) in [6.45, 7) is 0.428. The lowest BCUT2D eigenvalue weighted by molar-refractivity contribution is 0.324. The molecule has 1 aliphatic rings. The maximum atomic E-state index is 13.1. The van der Waals surface area contributed by atoms with E-state index in [1.165, 1.54) is 0 Å². The molecular formula is C25H28N2O5. The van der Waals surface area contributed by atoms with E-state index in [1.54, 1.807) is 33.7 Å². The largest absolute Gasteiger partial charge is 0.493 e. The number of hydrogen-bond donors (Lipinski definition) is 2. The van der Waals surface area contributed by atoms with Gasteiger partial charge in [-0.2, -0.15) is 0 Å². The van der Waals surface area contributed by atoms with Crippen molar-refractivity contribution in [3.05, 3.63) is 69.8 Å². The molecule has 7 heteroatoms. The van der Waals surface area contributed by atoms with E-state index in [1.807, 2.05) is 37.4 Å². The molecule has 3 aromatic rings. The molecule has 32 heavy (non-hydrogen) atoms. The van der Waals surface area contributed by atoms with Crippen LogP contribution >= 0.6 is 0 Å². The van der Waals surface area contributed by atoms with Crippen molar-refractivity contribution in [2.75, 3.05) is 33.7 Å². The molecule has 2 aromatic carbocycles. The summed E-state index contributed by atoms with van der Waals surface area (Å²) >= 11 is 0. The summed E-state index contributed by atoms with van der Waals surface area (Å²) in [5, 5.41) is 6.56. The second-order valence-corrected chi connectivity index (χ2v) is 7.62. The third-order valence-corrected chi connectivity index (χ3v) is 5.92. The van der Waals surface area contributed by atoms with Crippen LogP contribution in [0.25, 0.3) is 11.1 Å². The molecule has 0 aliphatic heterocycles. The van der Waals surface area contributed by atoms with Gasteiger partial charge in [-0.25, -0.2) is 0 Å². The van der Waals surface area contributed by atoms with Crippen LogP contribution in [0.1, 0.15) is 29.3 Å². The molecule has 1 atom stereocenters. The first-order valence-electron chi connectivity index (χ1n) is 10.5. The van der Waals surface area contributed by atoms with E-state index in [-0.39, 0.29) is 11.5 Å². The number of nitrogens with one attached hydrogen (secondary N) is 2. The van der Waals surface area contributed by atoms with Crippen molar-refractivity contribution in [2.45, 2.75) is 25.4 Å². The first kappa shape index (κ1) is 21.8. The predicted molar refractivity (Wildman–Crippen MR) is 124 cm³/mol. The molecule has 0 spiro atoms. The fourth-order valence-corrected chi connectivity index (χ4v) is 4.35. The van der Waals surface area contributed by atoms with Gasteiger partial charge in [0.1, 0.15) is 5.76 Å². The summed E-state index contributed by atoms with van der Waals surface area (Å²) in [6, 6.07) is 11.2. The van der Waals surface area contributed by atoms with E-state index in [2.05, 4.69) is 10.6 Å². The van der Waals surface area contributed by atoms with Gasteiger partial charge < -0.3 is 29.3 Å². The lowest BCUT2D eigenvalue weighted by Crippen LogP contribution is -2.17. The highest BCUT2D eigenvalue weighted by Gasteiger charge is 2.28. The number of methoxy groups -OCH3 is 3. The Balaban J connectivity index is 1.91. The fourth-order valence-electron chi connectivity index (χ4n) is 4.35. The number of hydrogen-bond acceptors (Lipinski definition) is 7. The first-order chi connectivity index (χ1) is 15.6. The zero-order valence-corrected chi connectivity index (χ0v) is 18.8. The summed E-state index contributed by atoms with van der Waals surface area (Å²) in [5.41, 5.74) is 4.28. The summed E-state index contributed by atoms with van der Waals surface area (Å²) in [6.07, 6.45) is 3.24. The van der Waals surface area contributed by atoms with Crippen LogP contribution in [-0.4, -0.2) is 28.4 Å². The lowest BCUT2D eigenvalue weighted by atomic mass is 9.95. The molecule has 2 N–H and O–H groups in total. The number of ether oxygens (including phenoxy) is 3. The summed E-state index contributed by atoms with van der Waals surface area (Å²) in [4.78, 5) is 13.1. The molecule has 0 saturated heterocycles. The van der Waals surface area contributed by atoms with Crippen molar-refractivity contribution in [3.8, 4) is 28.4 Å². The molecule has 7 nitrogen and oxygen atoms in total. The summed E-state index contributed by atoms with van der Waals surface area (Å²) in [5.74, 6) is 2.52. The molecule has 1 heterocycles. The highest BCUT2D eigenvalue weighted by molar-refractivity contribution is 5.83. The van der Waals surface area contributed by atoms with Crippen molar-refractivity contribution in [2.24, 2.45) is 0 Å². The van der Waals surface area contributed by atoms with Crippen molar-refractivity contribution in [3.63, 3.8) is 0 Å². The zero-order valence-electron chi connectivity index (χ0n) is 18.8. The van der Waals surface area contributed by atoms with E-state index in [0.717, 1.165) is 40.9 Å². The van der Waals surface area contributed by atoms with Gasteiger partial charge in [0.05, 0.1) is 39.8 Å². The van der Waals surface area contributed by atoms with Gasteiger partial charge in [-0.05, 0) is 66.9 Å². The Morgan fingerprint density at radius 1 is 1.06 bits per heavy atom. The Morgan fingerprint density at radius 3 is 2.53 bits per heavy atom. The maximum absolute atomic E-state index is 13.1. The van der Waals surface area contributed by atoms with Crippen LogP contribution in [-0.2, 0) is 13.0 Å². The van der Waals surface area contributed by atoms with Crippen LogP contribution in [0.4, 0.5) is 5.69 Å². The van der Waals surface area contributed by atoms with Crippen molar-refractivity contribution in [1.29, 1.82) is 0 Å². The lowest BCUT2D eigenvalue weighted by Gasteiger charge is -2.19. The van der Waals surface area contributed by atoms with E-state index in [0.29, 0.717) is 29.5 Å². The van der Waals surface area contributed by atoms with Crippen LogP contribution in [0.15, 0.2) is 51.9 Å². The Hall–Kier alpha value is -3.45. The number of furan rings is 1. The topological polar surface area (TPSA) is 82.0 Å². The maximum Gasteiger partial charge on any atom is 0.203 e. The number of rotatable bonds is 7. The molecule has 0 saturated carbocycles. The normalized spacial score (nSPS) is 14.7. The third-order valence-electron chi connectivity index (χ3n) is 5.92. The van der Waals surface area contributed by atoms with Gasteiger partial charge in [0.15, 0.2) is 11.5 Å². The molecule has 4 rings (SSSR count). The average Bonchev–Trinajstić information content (AvgIpc) is 3.22. The van der Waals surface area contributed by atoms with Crippen molar-refractivity contribution < 1.29 is 18.6 Å². The number of benzene rings is 1. The van der Waals surface area contributed by atoms with Crippen LogP contribution in [0.5, 0.6) is 17.2 Å². The number of fused-ring (bicyclic) bond motifs is 3. The average molecular weight is 437 g/mol. The van der Waals surface area contributed by atoms with Gasteiger partial charge >= 0.3 is 0 Å². The quantitative estimate of drug-likeness (QED) is 0.576. The molecule has 1 aromatic heterocycles. The van der Waals surface area contributed by atoms with Crippen LogP contribution in [0, 0.1) is 0 Å². The molecule has 168 valence electrons. The van der Waals surface area contributed by atoms with Gasteiger partial charge in [-0.1, -0.05) is 6.07 Å². The molecule has 0 unspecified atom stereocenters. The van der Waals surface area contributed by atoms with E-state index < -0.39 is 0 Å². The van der Waals surface area contributed by atoms with E-state index in [4.69, 9.17) is 18.6 Å². The second kappa shape index (κ2) is 9.36. The minimum atomic E-state index is -0.0825. The monoisotopic (exact) mass is 436 g/mol. The molecule has 0 bridgehead atoms. The van der Waals surface area contributed by atoms with Crippen molar-refractivity contribution in [1.82, 2.24) is 5.32 Å². The van der Waals surface area contributed by atoms with Crippen molar-refractivity contribution >= 4 is 5.69 Å². The van der Waals surface area contributed by atoms with Crippen LogP contribution in [0.2, 0.25) is 0 Å². The Labute approximate surface area is 187 Å². The minimum absolute atomic E-state index is 0.0112. The second-order valence-electron chi connectivity index (χ2n) is 7.62. The minimum Gasteiger partial charge on any atom is -0.493 e. The Kier molecular flexibility index (Phi) is 6.37. The van der Waals surface area contributed by atoms with Gasteiger partial charge in [0, 0.05) is 11.6 Å². The van der Waals surface area contributed by atoms with Gasteiger partial charge in [-0.15, -0.1) is 0 Å². The third kappa shape index (κ3) is 3.91. The van der Waals surface area contributed by atoms with Gasteiger partial charge in [0.2, 0.25) is 11.2 Å². The fraction of sp³-hybridized carbons (Fsp3) is 0.320. The van der Waals surface area contributed by atoms with Crippen LogP contribution in [0.3, 0.4) is 0 Å². The zero-order chi connectivity index (χ0) is 22.7. The molecule has 0 fully saturated rings.